The SMILES string of the molecule is CNC1CCN(C(=O)c2ccccc2)c2ccccc21. The summed E-state index contributed by atoms with van der Waals surface area (Å²) in [6.07, 6.45) is 0.937. The van der Waals surface area contributed by atoms with Crippen molar-refractivity contribution in [2.75, 3.05) is 18.5 Å². The van der Waals surface area contributed by atoms with Crippen molar-refractivity contribution >= 4 is 11.6 Å². The van der Waals surface area contributed by atoms with Gasteiger partial charge in [-0.05, 0) is 37.2 Å². The zero-order valence-electron chi connectivity index (χ0n) is 11.5. The molecule has 0 bridgehead atoms. The topological polar surface area (TPSA) is 32.3 Å². The van der Waals surface area contributed by atoms with E-state index in [-0.39, 0.29) is 5.91 Å². The molecule has 0 spiro atoms. The van der Waals surface area contributed by atoms with Crippen LogP contribution in [0.3, 0.4) is 0 Å². The van der Waals surface area contributed by atoms with Gasteiger partial charge in [-0.2, -0.15) is 0 Å². The first-order valence-corrected chi connectivity index (χ1v) is 6.94. The molecule has 0 fully saturated rings. The van der Waals surface area contributed by atoms with Crippen LogP contribution in [0.5, 0.6) is 0 Å². The molecule has 1 atom stereocenters. The molecular formula is C17H18N2O. The van der Waals surface area contributed by atoms with Gasteiger partial charge >= 0.3 is 0 Å². The van der Waals surface area contributed by atoms with Crippen molar-refractivity contribution in [3.05, 3.63) is 65.7 Å². The van der Waals surface area contributed by atoms with Crippen molar-refractivity contribution < 1.29 is 4.79 Å². The maximum atomic E-state index is 12.7. The summed E-state index contributed by atoms with van der Waals surface area (Å²) in [6.45, 7) is 0.746. The monoisotopic (exact) mass is 266 g/mol. The summed E-state index contributed by atoms with van der Waals surface area (Å²) in [5.74, 6) is 0.0765. The van der Waals surface area contributed by atoms with E-state index >= 15 is 0 Å². The molecule has 102 valence electrons. The van der Waals surface area contributed by atoms with Gasteiger partial charge < -0.3 is 10.2 Å². The minimum atomic E-state index is 0.0765. The molecule has 3 nitrogen and oxygen atoms in total. The molecule has 1 N–H and O–H groups in total. The summed E-state index contributed by atoms with van der Waals surface area (Å²) in [7, 11) is 1.97. The molecule has 0 aliphatic carbocycles. The highest BCUT2D eigenvalue weighted by molar-refractivity contribution is 6.06. The van der Waals surface area contributed by atoms with Crippen LogP contribution < -0.4 is 10.2 Å². The van der Waals surface area contributed by atoms with Crippen LogP contribution in [0, 0.1) is 0 Å². The first-order valence-electron chi connectivity index (χ1n) is 6.94. The van der Waals surface area contributed by atoms with Gasteiger partial charge in [0.1, 0.15) is 0 Å². The Bertz CT molecular complexity index is 609. The Balaban J connectivity index is 1.98. The summed E-state index contributed by atoms with van der Waals surface area (Å²) in [5.41, 5.74) is 2.96. The second-order valence-corrected chi connectivity index (χ2v) is 5.01. The van der Waals surface area contributed by atoms with Gasteiger partial charge in [0.2, 0.25) is 0 Å². The number of fused-ring (bicyclic) bond motifs is 1. The Hall–Kier alpha value is -2.13. The van der Waals surface area contributed by atoms with Gasteiger partial charge in [0.05, 0.1) is 0 Å². The maximum absolute atomic E-state index is 12.7. The second-order valence-electron chi connectivity index (χ2n) is 5.01. The van der Waals surface area contributed by atoms with Crippen LogP contribution in [-0.4, -0.2) is 19.5 Å². The number of nitrogens with zero attached hydrogens (tertiary/aromatic N) is 1. The molecule has 0 saturated heterocycles. The third-order valence-electron chi connectivity index (χ3n) is 3.86. The molecule has 1 amide bonds. The van der Waals surface area contributed by atoms with Gasteiger partial charge in [-0.1, -0.05) is 36.4 Å². The molecule has 2 aromatic carbocycles. The molecule has 2 aromatic rings. The van der Waals surface area contributed by atoms with E-state index in [4.69, 9.17) is 0 Å². The van der Waals surface area contributed by atoms with Crippen molar-refractivity contribution in [1.82, 2.24) is 5.32 Å². The van der Waals surface area contributed by atoms with Crippen LogP contribution >= 0.6 is 0 Å². The van der Waals surface area contributed by atoms with E-state index in [0.717, 1.165) is 24.2 Å². The third-order valence-corrected chi connectivity index (χ3v) is 3.86. The maximum Gasteiger partial charge on any atom is 0.258 e. The Morgan fingerprint density at radius 1 is 1.10 bits per heavy atom. The predicted octanol–water partition coefficient (Wildman–Crippen LogP) is 3.00. The standard InChI is InChI=1S/C17H18N2O/c1-18-15-11-12-19(16-10-6-5-9-14(15)16)17(20)13-7-3-2-4-8-13/h2-10,15,18H,11-12H2,1H3. The minimum Gasteiger partial charge on any atom is -0.313 e. The van der Waals surface area contributed by atoms with E-state index in [1.165, 1.54) is 5.56 Å². The van der Waals surface area contributed by atoms with Gasteiger partial charge in [-0.3, -0.25) is 4.79 Å². The second kappa shape index (κ2) is 5.47. The van der Waals surface area contributed by atoms with Crippen LogP contribution in [0.4, 0.5) is 5.69 Å². The molecular weight excluding hydrogens is 248 g/mol. The fraction of sp³-hybridized carbons (Fsp3) is 0.235. The minimum absolute atomic E-state index is 0.0765. The summed E-state index contributed by atoms with van der Waals surface area (Å²) in [6, 6.07) is 17.9. The quantitative estimate of drug-likeness (QED) is 0.906. The highest BCUT2D eigenvalue weighted by Gasteiger charge is 2.27. The fourth-order valence-electron chi connectivity index (χ4n) is 2.81. The number of carbonyl (C=O) groups is 1. The van der Waals surface area contributed by atoms with Gasteiger partial charge in [-0.15, -0.1) is 0 Å². The summed E-state index contributed by atoms with van der Waals surface area (Å²) < 4.78 is 0. The molecule has 3 rings (SSSR count). The lowest BCUT2D eigenvalue weighted by atomic mass is 9.96. The highest BCUT2D eigenvalue weighted by atomic mass is 16.2. The molecule has 3 heteroatoms. The number of para-hydroxylation sites is 1. The zero-order valence-corrected chi connectivity index (χ0v) is 11.5. The number of amides is 1. The van der Waals surface area contributed by atoms with Crippen LogP contribution in [-0.2, 0) is 0 Å². The average Bonchev–Trinajstić information content (AvgIpc) is 2.54. The number of benzene rings is 2. The Morgan fingerprint density at radius 2 is 1.80 bits per heavy atom. The molecule has 20 heavy (non-hydrogen) atoms. The number of carbonyl (C=O) groups excluding carboxylic acids is 1. The lowest BCUT2D eigenvalue weighted by Crippen LogP contribution is -2.39. The van der Waals surface area contributed by atoms with E-state index in [9.17, 15) is 4.79 Å². The lowest BCUT2D eigenvalue weighted by molar-refractivity contribution is 0.0983. The zero-order chi connectivity index (χ0) is 13.9. The van der Waals surface area contributed by atoms with Crippen molar-refractivity contribution in [2.45, 2.75) is 12.5 Å². The van der Waals surface area contributed by atoms with E-state index in [0.29, 0.717) is 6.04 Å². The summed E-state index contributed by atoms with van der Waals surface area (Å²) >= 11 is 0. The Labute approximate surface area is 119 Å². The van der Waals surface area contributed by atoms with E-state index in [2.05, 4.69) is 11.4 Å². The van der Waals surface area contributed by atoms with Crippen molar-refractivity contribution in [1.29, 1.82) is 0 Å². The fourth-order valence-corrected chi connectivity index (χ4v) is 2.81. The molecule has 1 aliphatic rings. The van der Waals surface area contributed by atoms with Crippen molar-refractivity contribution in [3.63, 3.8) is 0 Å². The number of nitrogens with one attached hydrogen (secondary N) is 1. The highest BCUT2D eigenvalue weighted by Crippen LogP contribution is 2.34. The first-order chi connectivity index (χ1) is 9.81. The third kappa shape index (κ3) is 2.21. The van der Waals surface area contributed by atoms with Gasteiger partial charge in [-0.25, -0.2) is 0 Å². The first kappa shape index (κ1) is 12.9. The molecule has 1 unspecified atom stereocenters. The van der Waals surface area contributed by atoms with E-state index in [1.807, 2.05) is 60.5 Å². The van der Waals surface area contributed by atoms with Crippen LogP contribution in [0.2, 0.25) is 0 Å². The number of hydrogen-bond donors (Lipinski definition) is 1. The van der Waals surface area contributed by atoms with E-state index in [1.54, 1.807) is 0 Å². The lowest BCUT2D eigenvalue weighted by Gasteiger charge is -2.34. The summed E-state index contributed by atoms with van der Waals surface area (Å²) in [5, 5.41) is 3.32. The van der Waals surface area contributed by atoms with Crippen LogP contribution in [0.15, 0.2) is 54.6 Å². The van der Waals surface area contributed by atoms with Crippen LogP contribution in [0.1, 0.15) is 28.4 Å². The van der Waals surface area contributed by atoms with Gasteiger partial charge in [0.15, 0.2) is 0 Å². The Morgan fingerprint density at radius 3 is 2.55 bits per heavy atom. The number of rotatable bonds is 2. The van der Waals surface area contributed by atoms with Crippen molar-refractivity contribution in [3.8, 4) is 0 Å². The normalized spacial score (nSPS) is 17.6. The molecule has 0 radical (unpaired) electrons. The smallest absolute Gasteiger partial charge is 0.258 e. The van der Waals surface area contributed by atoms with Crippen LogP contribution in [0.25, 0.3) is 0 Å². The predicted molar refractivity (Wildman–Crippen MR) is 81.0 cm³/mol. The average molecular weight is 266 g/mol. The molecule has 0 saturated carbocycles. The number of hydrogen-bond acceptors (Lipinski definition) is 2. The summed E-state index contributed by atoms with van der Waals surface area (Å²) in [4.78, 5) is 14.6. The Kier molecular flexibility index (Phi) is 3.52. The molecule has 1 aliphatic heterocycles. The number of anilines is 1. The van der Waals surface area contributed by atoms with Gasteiger partial charge in [0.25, 0.3) is 5.91 Å². The van der Waals surface area contributed by atoms with Gasteiger partial charge in [0, 0.05) is 23.8 Å². The van der Waals surface area contributed by atoms with Crippen molar-refractivity contribution in [2.24, 2.45) is 0 Å². The molecule has 1 heterocycles. The van der Waals surface area contributed by atoms with E-state index < -0.39 is 0 Å². The molecule has 0 aromatic heterocycles. The largest absolute Gasteiger partial charge is 0.313 e.